The molecule has 2 N–H and O–H groups in total. The molecule has 9 heteroatoms. The van der Waals surface area contributed by atoms with E-state index >= 15 is 0 Å². The summed E-state index contributed by atoms with van der Waals surface area (Å²) in [6.07, 6.45) is -2.59. The van der Waals surface area contributed by atoms with Gasteiger partial charge in [0.15, 0.2) is 0 Å². The SMILES string of the molecule is O=C(O)CCC(=O)NC1c2ccccc2N(C(=O)c2ccc(C(F)(F)F)cc2)C2CCCC12. The van der Waals surface area contributed by atoms with Crippen LogP contribution < -0.4 is 10.2 Å². The van der Waals surface area contributed by atoms with Crippen molar-refractivity contribution in [3.63, 3.8) is 0 Å². The van der Waals surface area contributed by atoms with Crippen LogP contribution in [0, 0.1) is 5.92 Å². The number of para-hydroxylation sites is 1. The third-order valence-corrected chi connectivity index (χ3v) is 6.38. The highest BCUT2D eigenvalue weighted by atomic mass is 19.4. The van der Waals surface area contributed by atoms with Crippen molar-refractivity contribution in [2.24, 2.45) is 5.92 Å². The lowest BCUT2D eigenvalue weighted by Crippen LogP contribution is -2.51. The van der Waals surface area contributed by atoms with Crippen LogP contribution in [0.1, 0.15) is 59.6 Å². The zero-order valence-electron chi connectivity index (χ0n) is 17.6. The molecular formula is C24H23F3N2O4. The molecule has 0 spiro atoms. The number of hydrogen-bond acceptors (Lipinski definition) is 3. The van der Waals surface area contributed by atoms with Crippen LogP contribution in [0.25, 0.3) is 0 Å². The maximum Gasteiger partial charge on any atom is 0.416 e. The molecule has 2 aliphatic rings. The van der Waals surface area contributed by atoms with E-state index in [1.54, 1.807) is 23.1 Å². The maximum absolute atomic E-state index is 13.5. The molecule has 1 saturated carbocycles. The maximum atomic E-state index is 13.5. The molecule has 1 aliphatic carbocycles. The predicted molar refractivity (Wildman–Crippen MR) is 114 cm³/mol. The molecule has 4 rings (SSSR count). The summed E-state index contributed by atoms with van der Waals surface area (Å²) in [5.41, 5.74) is 0.687. The van der Waals surface area contributed by atoms with Crippen molar-refractivity contribution in [3.8, 4) is 0 Å². The Morgan fingerprint density at radius 1 is 1.00 bits per heavy atom. The second kappa shape index (κ2) is 8.88. The molecule has 3 unspecified atom stereocenters. The van der Waals surface area contributed by atoms with Crippen LogP contribution in [0.2, 0.25) is 0 Å². The summed E-state index contributed by atoms with van der Waals surface area (Å²) in [6.45, 7) is 0. The molecule has 174 valence electrons. The number of amides is 2. The van der Waals surface area contributed by atoms with Crippen molar-refractivity contribution in [2.75, 3.05) is 4.90 Å². The van der Waals surface area contributed by atoms with Gasteiger partial charge in [0, 0.05) is 29.6 Å². The molecule has 0 radical (unpaired) electrons. The van der Waals surface area contributed by atoms with Crippen molar-refractivity contribution < 1.29 is 32.7 Å². The van der Waals surface area contributed by atoms with Gasteiger partial charge in [0.25, 0.3) is 5.91 Å². The second-order valence-corrected chi connectivity index (χ2v) is 8.41. The van der Waals surface area contributed by atoms with Gasteiger partial charge in [-0.3, -0.25) is 14.4 Å². The predicted octanol–water partition coefficient (Wildman–Crippen LogP) is 4.56. The van der Waals surface area contributed by atoms with Crippen LogP contribution in [-0.4, -0.2) is 28.9 Å². The van der Waals surface area contributed by atoms with Crippen LogP contribution in [0.3, 0.4) is 0 Å². The van der Waals surface area contributed by atoms with E-state index in [9.17, 15) is 27.6 Å². The first-order chi connectivity index (χ1) is 15.7. The largest absolute Gasteiger partial charge is 0.481 e. The number of rotatable bonds is 5. The summed E-state index contributed by atoms with van der Waals surface area (Å²) in [5.74, 6) is -1.89. The lowest BCUT2D eigenvalue weighted by atomic mass is 9.82. The van der Waals surface area contributed by atoms with E-state index in [2.05, 4.69) is 5.32 Å². The zero-order chi connectivity index (χ0) is 23.8. The van der Waals surface area contributed by atoms with E-state index in [0.717, 1.165) is 30.5 Å². The van der Waals surface area contributed by atoms with Gasteiger partial charge in [0.1, 0.15) is 0 Å². The minimum absolute atomic E-state index is 0.0768. The van der Waals surface area contributed by atoms with Gasteiger partial charge in [-0.1, -0.05) is 24.6 Å². The average molecular weight is 460 g/mol. The molecule has 2 amide bonds. The third kappa shape index (κ3) is 4.58. The Bertz CT molecular complexity index is 1070. The van der Waals surface area contributed by atoms with Crippen molar-refractivity contribution >= 4 is 23.5 Å². The van der Waals surface area contributed by atoms with Crippen LogP contribution in [0.5, 0.6) is 0 Å². The number of fused-ring (bicyclic) bond motifs is 2. The van der Waals surface area contributed by atoms with Gasteiger partial charge >= 0.3 is 12.1 Å². The smallest absolute Gasteiger partial charge is 0.416 e. The van der Waals surface area contributed by atoms with E-state index in [1.807, 2.05) is 6.07 Å². The fraction of sp³-hybridized carbons (Fsp3) is 0.375. The molecule has 3 atom stereocenters. The quantitative estimate of drug-likeness (QED) is 0.685. The monoisotopic (exact) mass is 460 g/mol. The first-order valence-corrected chi connectivity index (χ1v) is 10.8. The molecule has 1 fully saturated rings. The number of carboxylic acids is 1. The average Bonchev–Trinajstić information content (AvgIpc) is 3.26. The van der Waals surface area contributed by atoms with Gasteiger partial charge in [-0.2, -0.15) is 13.2 Å². The summed E-state index contributed by atoms with van der Waals surface area (Å²) in [4.78, 5) is 38.3. The first kappa shape index (κ1) is 22.8. The van der Waals surface area contributed by atoms with E-state index in [1.165, 1.54) is 12.1 Å². The Hall–Kier alpha value is -3.36. The number of anilines is 1. The Kier molecular flexibility index (Phi) is 6.14. The number of carboxylic acid groups (broad SMARTS) is 1. The molecular weight excluding hydrogens is 437 g/mol. The minimum atomic E-state index is -4.48. The molecule has 0 bridgehead atoms. The fourth-order valence-electron chi connectivity index (χ4n) is 4.91. The van der Waals surface area contributed by atoms with Crippen LogP contribution in [0.4, 0.5) is 18.9 Å². The minimum Gasteiger partial charge on any atom is -0.481 e. The number of nitrogens with one attached hydrogen (secondary N) is 1. The molecule has 0 aromatic heterocycles. The normalized spacial score (nSPS) is 21.8. The molecule has 2 aromatic carbocycles. The van der Waals surface area contributed by atoms with Gasteiger partial charge in [0.2, 0.25) is 5.91 Å². The number of carbonyl (C=O) groups excluding carboxylic acids is 2. The van der Waals surface area contributed by atoms with Crippen molar-refractivity contribution in [2.45, 2.75) is 50.4 Å². The van der Waals surface area contributed by atoms with Gasteiger partial charge in [0.05, 0.1) is 18.0 Å². The summed E-state index contributed by atoms with van der Waals surface area (Å²) >= 11 is 0. The molecule has 33 heavy (non-hydrogen) atoms. The van der Waals surface area contributed by atoms with Crippen LogP contribution in [0.15, 0.2) is 48.5 Å². The lowest BCUT2D eigenvalue weighted by molar-refractivity contribution is -0.139. The zero-order valence-corrected chi connectivity index (χ0v) is 17.6. The summed E-state index contributed by atoms with van der Waals surface area (Å²) < 4.78 is 38.8. The van der Waals surface area contributed by atoms with E-state index in [-0.39, 0.29) is 48.2 Å². The van der Waals surface area contributed by atoms with Gasteiger partial charge in [-0.15, -0.1) is 0 Å². The Morgan fingerprint density at radius 2 is 1.70 bits per heavy atom. The van der Waals surface area contributed by atoms with Gasteiger partial charge in [-0.05, 0) is 48.7 Å². The topological polar surface area (TPSA) is 86.7 Å². The summed E-state index contributed by atoms with van der Waals surface area (Å²) in [6, 6.07) is 10.7. The molecule has 0 saturated heterocycles. The number of carbonyl (C=O) groups is 3. The van der Waals surface area contributed by atoms with Crippen molar-refractivity contribution in [1.29, 1.82) is 0 Å². The summed E-state index contributed by atoms with van der Waals surface area (Å²) in [5, 5.41) is 11.8. The van der Waals surface area contributed by atoms with E-state index in [0.29, 0.717) is 12.1 Å². The Morgan fingerprint density at radius 3 is 2.36 bits per heavy atom. The number of nitrogens with zero attached hydrogens (tertiary/aromatic N) is 1. The third-order valence-electron chi connectivity index (χ3n) is 6.38. The Balaban J connectivity index is 1.66. The number of alkyl halides is 3. The van der Waals surface area contributed by atoms with Crippen molar-refractivity contribution in [1.82, 2.24) is 5.32 Å². The van der Waals surface area contributed by atoms with E-state index < -0.39 is 17.7 Å². The van der Waals surface area contributed by atoms with Gasteiger partial charge < -0.3 is 15.3 Å². The fourth-order valence-corrected chi connectivity index (χ4v) is 4.91. The number of halogens is 3. The molecule has 6 nitrogen and oxygen atoms in total. The molecule has 1 aliphatic heterocycles. The van der Waals surface area contributed by atoms with Gasteiger partial charge in [-0.25, -0.2) is 0 Å². The highest BCUT2D eigenvalue weighted by molar-refractivity contribution is 6.07. The van der Waals surface area contributed by atoms with E-state index in [4.69, 9.17) is 5.11 Å². The highest BCUT2D eigenvalue weighted by Crippen LogP contribution is 2.48. The molecule has 1 heterocycles. The standard InChI is InChI=1S/C24H23F3N2O4/c25-24(26,27)15-10-8-14(9-11-15)23(33)29-18-6-2-1-4-16(18)22(17-5-3-7-19(17)29)28-20(30)12-13-21(31)32/h1-2,4,6,8-11,17,19,22H,3,5,7,12-13H2,(H,28,30)(H,31,32). The number of aliphatic carboxylic acids is 1. The first-order valence-electron chi connectivity index (χ1n) is 10.8. The molecule has 2 aromatic rings. The summed E-state index contributed by atoms with van der Waals surface area (Å²) in [7, 11) is 0. The van der Waals surface area contributed by atoms with Crippen LogP contribution >= 0.6 is 0 Å². The Labute approximate surface area is 188 Å². The number of benzene rings is 2. The number of hydrogen-bond donors (Lipinski definition) is 2. The second-order valence-electron chi connectivity index (χ2n) is 8.41. The van der Waals surface area contributed by atoms with Crippen molar-refractivity contribution in [3.05, 3.63) is 65.2 Å². The highest BCUT2D eigenvalue weighted by Gasteiger charge is 2.46. The van der Waals surface area contributed by atoms with Crippen LogP contribution in [-0.2, 0) is 15.8 Å². The lowest BCUT2D eigenvalue weighted by Gasteiger charge is -2.44.